The summed E-state index contributed by atoms with van der Waals surface area (Å²) in [6.07, 6.45) is 1.78. The Balaban J connectivity index is 1.51. The monoisotopic (exact) mass is 418 g/mol. The second kappa shape index (κ2) is 8.87. The largest absolute Gasteiger partial charge is 0.370 e. The van der Waals surface area contributed by atoms with Crippen LogP contribution in [0.15, 0.2) is 60.1 Å². The molecule has 0 atom stereocenters. The molecule has 5 rings (SSSR count). The molecule has 1 aliphatic heterocycles. The number of quaternary nitrogens is 1. The molecule has 0 amide bonds. The molecule has 30 heavy (non-hydrogen) atoms. The Morgan fingerprint density at radius 3 is 2.63 bits per heavy atom. The van der Waals surface area contributed by atoms with E-state index in [-0.39, 0.29) is 0 Å². The van der Waals surface area contributed by atoms with E-state index < -0.39 is 0 Å². The van der Waals surface area contributed by atoms with Crippen molar-refractivity contribution in [3.63, 3.8) is 0 Å². The standard InChI is InChI=1S/C23H23N5OS/c1-2-6-17(7-3-1)18-16-30-23-20(18)22(25-10-11-28-12-14-29-15-13-28)26-21(27-23)19-8-4-5-9-24-19/h1-9,16H,10-15H2,(H,25,26,27)/p+1. The number of hydrogen-bond acceptors (Lipinski definition) is 6. The van der Waals surface area contributed by atoms with Gasteiger partial charge in [-0.25, -0.2) is 9.97 Å². The van der Waals surface area contributed by atoms with Crippen LogP contribution in [0.3, 0.4) is 0 Å². The number of fused-ring (bicyclic) bond motifs is 1. The van der Waals surface area contributed by atoms with Crippen molar-refractivity contribution in [1.29, 1.82) is 0 Å². The fraction of sp³-hybridized carbons (Fsp3) is 0.261. The number of thiophene rings is 1. The normalized spacial score (nSPS) is 14.8. The summed E-state index contributed by atoms with van der Waals surface area (Å²) in [5.41, 5.74) is 3.14. The van der Waals surface area contributed by atoms with Crippen LogP contribution in [0.1, 0.15) is 0 Å². The average molecular weight is 419 g/mol. The number of pyridine rings is 1. The van der Waals surface area contributed by atoms with E-state index in [9.17, 15) is 0 Å². The molecule has 4 aromatic rings. The van der Waals surface area contributed by atoms with Crippen molar-refractivity contribution < 1.29 is 9.64 Å². The first-order valence-corrected chi connectivity index (χ1v) is 11.2. The summed E-state index contributed by atoms with van der Waals surface area (Å²) in [5, 5.41) is 6.87. The molecule has 1 saturated heterocycles. The van der Waals surface area contributed by atoms with Crippen molar-refractivity contribution in [3.05, 3.63) is 60.1 Å². The molecular weight excluding hydrogens is 394 g/mol. The maximum Gasteiger partial charge on any atom is 0.181 e. The lowest BCUT2D eigenvalue weighted by Crippen LogP contribution is -3.14. The molecule has 0 saturated carbocycles. The van der Waals surface area contributed by atoms with E-state index in [0.717, 1.165) is 61.1 Å². The van der Waals surface area contributed by atoms with Crippen LogP contribution in [0.25, 0.3) is 32.9 Å². The van der Waals surface area contributed by atoms with Gasteiger partial charge in [-0.1, -0.05) is 36.4 Å². The van der Waals surface area contributed by atoms with Gasteiger partial charge in [0, 0.05) is 17.1 Å². The molecule has 7 heteroatoms. The molecule has 0 unspecified atom stereocenters. The Morgan fingerprint density at radius 1 is 1.00 bits per heavy atom. The highest BCUT2D eigenvalue weighted by atomic mass is 32.1. The van der Waals surface area contributed by atoms with Crippen LogP contribution in [-0.4, -0.2) is 54.3 Å². The predicted molar refractivity (Wildman–Crippen MR) is 121 cm³/mol. The van der Waals surface area contributed by atoms with E-state index >= 15 is 0 Å². The Bertz CT molecular complexity index is 1110. The van der Waals surface area contributed by atoms with E-state index in [4.69, 9.17) is 14.7 Å². The molecule has 0 aliphatic carbocycles. The van der Waals surface area contributed by atoms with E-state index in [1.165, 1.54) is 11.1 Å². The zero-order valence-electron chi connectivity index (χ0n) is 16.7. The third kappa shape index (κ3) is 4.05. The number of hydrogen-bond donors (Lipinski definition) is 2. The van der Waals surface area contributed by atoms with Gasteiger partial charge in [-0.05, 0) is 17.7 Å². The van der Waals surface area contributed by atoms with Crippen LogP contribution in [0, 0.1) is 0 Å². The lowest BCUT2D eigenvalue weighted by molar-refractivity contribution is -0.906. The maximum atomic E-state index is 5.47. The first-order chi connectivity index (χ1) is 14.9. The van der Waals surface area contributed by atoms with Gasteiger partial charge in [0.1, 0.15) is 29.4 Å². The van der Waals surface area contributed by atoms with E-state index in [1.807, 2.05) is 24.3 Å². The Hall–Kier alpha value is -2.87. The quantitative estimate of drug-likeness (QED) is 0.504. The minimum Gasteiger partial charge on any atom is -0.370 e. The zero-order chi connectivity index (χ0) is 20.2. The number of aromatic nitrogens is 3. The summed E-state index contributed by atoms with van der Waals surface area (Å²) >= 11 is 1.65. The summed E-state index contributed by atoms with van der Waals surface area (Å²) < 4.78 is 5.47. The fourth-order valence-corrected chi connectivity index (χ4v) is 4.72. The SMILES string of the molecule is c1ccc(-c2csc3nc(-c4ccccn4)nc(NCC[NH+]4CCOCC4)c23)cc1. The number of ether oxygens (including phenoxy) is 1. The first-order valence-electron chi connectivity index (χ1n) is 10.3. The van der Waals surface area contributed by atoms with Gasteiger partial charge in [-0.2, -0.15) is 0 Å². The van der Waals surface area contributed by atoms with Gasteiger partial charge in [0.25, 0.3) is 0 Å². The van der Waals surface area contributed by atoms with Crippen molar-refractivity contribution in [2.24, 2.45) is 0 Å². The Morgan fingerprint density at radius 2 is 1.83 bits per heavy atom. The summed E-state index contributed by atoms with van der Waals surface area (Å²) in [4.78, 5) is 16.7. The second-order valence-corrected chi connectivity index (χ2v) is 8.20. The van der Waals surface area contributed by atoms with Crippen LogP contribution < -0.4 is 10.2 Å². The highest BCUT2D eigenvalue weighted by molar-refractivity contribution is 7.17. The van der Waals surface area contributed by atoms with Crippen molar-refractivity contribution in [2.75, 3.05) is 44.7 Å². The molecule has 1 fully saturated rings. The lowest BCUT2D eigenvalue weighted by Gasteiger charge is -2.23. The van der Waals surface area contributed by atoms with Gasteiger partial charge in [0.2, 0.25) is 0 Å². The van der Waals surface area contributed by atoms with Crippen molar-refractivity contribution in [1.82, 2.24) is 15.0 Å². The molecule has 6 nitrogen and oxygen atoms in total. The number of morpholine rings is 1. The van der Waals surface area contributed by atoms with Gasteiger partial charge >= 0.3 is 0 Å². The first kappa shape index (κ1) is 19.1. The molecule has 0 bridgehead atoms. The van der Waals surface area contributed by atoms with Crippen molar-refractivity contribution in [2.45, 2.75) is 0 Å². The highest BCUT2D eigenvalue weighted by Crippen LogP contribution is 2.37. The van der Waals surface area contributed by atoms with E-state index in [0.29, 0.717) is 5.82 Å². The van der Waals surface area contributed by atoms with Gasteiger partial charge in [0.05, 0.1) is 31.7 Å². The minimum atomic E-state index is 0.658. The lowest BCUT2D eigenvalue weighted by atomic mass is 10.1. The van der Waals surface area contributed by atoms with Crippen LogP contribution in [-0.2, 0) is 4.74 Å². The van der Waals surface area contributed by atoms with Gasteiger partial charge < -0.3 is 15.0 Å². The average Bonchev–Trinajstić information content (AvgIpc) is 3.25. The molecule has 0 spiro atoms. The molecule has 0 radical (unpaired) electrons. The molecule has 1 aliphatic rings. The number of benzene rings is 1. The number of rotatable bonds is 6. The van der Waals surface area contributed by atoms with Crippen LogP contribution in [0.5, 0.6) is 0 Å². The number of nitrogens with zero attached hydrogens (tertiary/aromatic N) is 3. The van der Waals surface area contributed by atoms with Crippen LogP contribution >= 0.6 is 11.3 Å². The molecule has 152 valence electrons. The van der Waals surface area contributed by atoms with E-state index in [1.54, 1.807) is 22.4 Å². The molecular formula is C23H24N5OS+. The Labute approximate surface area is 179 Å². The highest BCUT2D eigenvalue weighted by Gasteiger charge is 2.18. The van der Waals surface area contributed by atoms with Gasteiger partial charge in [0.15, 0.2) is 5.82 Å². The van der Waals surface area contributed by atoms with Crippen LogP contribution in [0.4, 0.5) is 5.82 Å². The van der Waals surface area contributed by atoms with Crippen molar-refractivity contribution >= 4 is 27.4 Å². The summed E-state index contributed by atoms with van der Waals surface area (Å²) in [6, 6.07) is 16.3. The zero-order valence-corrected chi connectivity index (χ0v) is 17.5. The summed E-state index contributed by atoms with van der Waals surface area (Å²) in [6.45, 7) is 5.71. The number of anilines is 1. The molecule has 2 N–H and O–H groups in total. The molecule has 3 aromatic heterocycles. The summed E-state index contributed by atoms with van der Waals surface area (Å²) in [5.74, 6) is 1.54. The van der Waals surface area contributed by atoms with E-state index in [2.05, 4.69) is 39.9 Å². The van der Waals surface area contributed by atoms with Gasteiger partial charge in [-0.3, -0.25) is 4.98 Å². The second-order valence-electron chi connectivity index (χ2n) is 7.35. The van der Waals surface area contributed by atoms with Gasteiger partial charge in [-0.15, -0.1) is 11.3 Å². The fourth-order valence-electron chi connectivity index (χ4n) is 3.78. The molecule has 4 heterocycles. The van der Waals surface area contributed by atoms with Crippen LogP contribution in [0.2, 0.25) is 0 Å². The molecule has 1 aromatic carbocycles. The third-order valence-electron chi connectivity index (χ3n) is 5.38. The van der Waals surface area contributed by atoms with Crippen molar-refractivity contribution in [3.8, 4) is 22.6 Å². The topological polar surface area (TPSA) is 64.4 Å². The smallest absolute Gasteiger partial charge is 0.181 e. The minimum absolute atomic E-state index is 0.658. The number of nitrogens with one attached hydrogen (secondary N) is 2. The summed E-state index contributed by atoms with van der Waals surface area (Å²) in [7, 11) is 0. The third-order valence-corrected chi connectivity index (χ3v) is 6.26. The Kier molecular flexibility index (Phi) is 5.65. The maximum absolute atomic E-state index is 5.47. The predicted octanol–water partition coefficient (Wildman–Crippen LogP) is 2.75.